The Morgan fingerprint density at radius 2 is 1.75 bits per heavy atom. The second-order valence-electron chi connectivity index (χ2n) is 7.48. The maximum Gasteiger partial charge on any atom is 0.239 e. The quantitative estimate of drug-likeness (QED) is 0.566. The van der Waals surface area contributed by atoms with Crippen LogP contribution >= 0.6 is 0 Å². The van der Waals surface area contributed by atoms with Gasteiger partial charge in [0.25, 0.3) is 0 Å². The molecule has 0 spiro atoms. The number of aromatic nitrogens is 3. The molecule has 0 aliphatic carbocycles. The Morgan fingerprint density at radius 1 is 1.03 bits per heavy atom. The number of hydrogen-bond donors (Lipinski definition) is 0. The van der Waals surface area contributed by atoms with Crippen LogP contribution in [0.25, 0.3) is 5.57 Å². The number of anilines is 1. The van der Waals surface area contributed by atoms with Crippen molar-refractivity contribution in [1.82, 2.24) is 19.1 Å². The number of halogens is 2. The highest BCUT2D eigenvalue weighted by Gasteiger charge is 2.31. The highest BCUT2D eigenvalue weighted by Crippen LogP contribution is 2.29. The first kappa shape index (κ1) is 22.1. The van der Waals surface area contributed by atoms with Crippen LogP contribution in [0.4, 0.5) is 14.5 Å². The molecular weight excluding hydrogens is 436 g/mol. The summed E-state index contributed by atoms with van der Waals surface area (Å²) in [6.45, 7) is 3.12. The van der Waals surface area contributed by atoms with Crippen LogP contribution in [0.15, 0.2) is 66.1 Å². The number of allylic oxidation sites excluding steroid dienone is 2. The zero-order valence-electron chi connectivity index (χ0n) is 17.5. The lowest BCUT2D eigenvalue weighted by atomic mass is 10.0. The number of sulfonamides is 1. The molecule has 10 heteroatoms. The minimum Gasteiger partial charge on any atom is -0.369 e. The molecule has 0 unspecified atom stereocenters. The Balaban J connectivity index is 1.65. The van der Waals surface area contributed by atoms with E-state index in [-0.39, 0.29) is 22.6 Å². The average molecular weight is 460 g/mol. The van der Waals surface area contributed by atoms with Crippen molar-refractivity contribution in [3.05, 3.63) is 83.3 Å². The van der Waals surface area contributed by atoms with Gasteiger partial charge in [-0.2, -0.15) is 9.40 Å². The van der Waals surface area contributed by atoms with E-state index in [2.05, 4.69) is 15.0 Å². The number of piperazine rings is 1. The molecule has 1 aliphatic heterocycles. The van der Waals surface area contributed by atoms with Gasteiger partial charge in [-0.3, -0.25) is 0 Å². The highest BCUT2D eigenvalue weighted by atomic mass is 32.2. The number of nitrogens with zero attached hydrogens (tertiary/aromatic N) is 5. The van der Waals surface area contributed by atoms with Crippen molar-refractivity contribution in [2.24, 2.45) is 0 Å². The average Bonchev–Trinajstić information content (AvgIpc) is 3.31. The minimum atomic E-state index is -3.88. The van der Waals surface area contributed by atoms with Crippen molar-refractivity contribution >= 4 is 21.3 Å². The van der Waals surface area contributed by atoms with Gasteiger partial charge in [0.15, 0.2) is 0 Å². The Morgan fingerprint density at radius 3 is 2.38 bits per heavy atom. The predicted octanol–water partition coefficient (Wildman–Crippen LogP) is 3.14. The zero-order chi connectivity index (χ0) is 22.7. The van der Waals surface area contributed by atoms with Gasteiger partial charge in [0.1, 0.15) is 24.3 Å². The summed E-state index contributed by atoms with van der Waals surface area (Å²) >= 11 is 0. The zero-order valence-corrected chi connectivity index (χ0v) is 18.3. The van der Waals surface area contributed by atoms with Crippen LogP contribution in [0.3, 0.4) is 0 Å². The fraction of sp³-hybridized carbons (Fsp3) is 0.273. The van der Waals surface area contributed by atoms with Gasteiger partial charge in [0, 0.05) is 43.5 Å². The fourth-order valence-electron chi connectivity index (χ4n) is 3.77. The Kier molecular flexibility index (Phi) is 6.33. The first-order valence-corrected chi connectivity index (χ1v) is 11.6. The molecule has 0 saturated carbocycles. The van der Waals surface area contributed by atoms with Gasteiger partial charge in [-0.05, 0) is 36.8 Å². The number of rotatable bonds is 6. The van der Waals surface area contributed by atoms with Gasteiger partial charge in [0.2, 0.25) is 10.0 Å². The van der Waals surface area contributed by atoms with E-state index < -0.39 is 21.7 Å². The van der Waals surface area contributed by atoms with Crippen molar-refractivity contribution in [2.75, 3.05) is 31.1 Å². The van der Waals surface area contributed by atoms with Gasteiger partial charge in [0.05, 0.1) is 11.4 Å². The lowest BCUT2D eigenvalue weighted by Gasteiger charge is -2.35. The third-order valence-corrected chi connectivity index (χ3v) is 7.62. The normalized spacial score (nSPS) is 16.2. The molecule has 1 saturated heterocycles. The molecule has 3 aromatic rings. The van der Waals surface area contributed by atoms with Gasteiger partial charge in [-0.1, -0.05) is 18.2 Å². The smallest absolute Gasteiger partial charge is 0.239 e. The van der Waals surface area contributed by atoms with E-state index in [0.717, 1.165) is 17.8 Å². The molecular formula is C22H23F2N5O2S. The van der Waals surface area contributed by atoms with Crippen LogP contribution in [0.2, 0.25) is 0 Å². The van der Waals surface area contributed by atoms with Gasteiger partial charge >= 0.3 is 0 Å². The molecule has 2 heterocycles. The molecule has 1 fully saturated rings. The largest absolute Gasteiger partial charge is 0.369 e. The van der Waals surface area contributed by atoms with E-state index in [9.17, 15) is 17.2 Å². The molecule has 0 amide bonds. The summed E-state index contributed by atoms with van der Waals surface area (Å²) in [4.78, 5) is 6.00. The Hall–Kier alpha value is -3.11. The molecule has 0 radical (unpaired) electrons. The van der Waals surface area contributed by atoms with Gasteiger partial charge in [-0.25, -0.2) is 26.9 Å². The van der Waals surface area contributed by atoms with Gasteiger partial charge in [-0.15, -0.1) is 0 Å². The summed E-state index contributed by atoms with van der Waals surface area (Å²) in [6.07, 6.45) is 2.73. The van der Waals surface area contributed by atoms with E-state index in [4.69, 9.17) is 0 Å². The second-order valence-corrected chi connectivity index (χ2v) is 9.56. The van der Waals surface area contributed by atoms with E-state index in [1.54, 1.807) is 0 Å². The number of benzene rings is 2. The summed E-state index contributed by atoms with van der Waals surface area (Å²) in [5.74, 6) is -1.56. The first-order chi connectivity index (χ1) is 15.4. The highest BCUT2D eigenvalue weighted by molar-refractivity contribution is 7.93. The molecule has 32 heavy (non-hydrogen) atoms. The minimum absolute atomic E-state index is 0.00618. The summed E-state index contributed by atoms with van der Waals surface area (Å²) in [7, 11) is -3.88. The summed E-state index contributed by atoms with van der Waals surface area (Å²) in [6, 6.07) is 12.9. The molecule has 0 bridgehead atoms. The molecule has 1 aromatic heterocycles. The van der Waals surface area contributed by atoms with Gasteiger partial charge < -0.3 is 4.90 Å². The fourth-order valence-corrected chi connectivity index (χ4v) is 5.29. The van der Waals surface area contributed by atoms with Crippen LogP contribution in [-0.4, -0.2) is 53.7 Å². The maximum absolute atomic E-state index is 14.6. The van der Waals surface area contributed by atoms with E-state index in [1.807, 2.05) is 30.3 Å². The molecule has 2 aromatic carbocycles. The van der Waals surface area contributed by atoms with E-state index >= 15 is 0 Å². The van der Waals surface area contributed by atoms with E-state index in [1.165, 1.54) is 34.6 Å². The topological polar surface area (TPSA) is 71.3 Å². The Bertz CT molecular complexity index is 1210. The van der Waals surface area contributed by atoms with Crippen LogP contribution in [-0.2, 0) is 16.6 Å². The van der Waals surface area contributed by atoms with Crippen LogP contribution < -0.4 is 4.90 Å². The van der Waals surface area contributed by atoms with Crippen molar-refractivity contribution in [3.8, 4) is 0 Å². The second kappa shape index (κ2) is 9.17. The lowest BCUT2D eigenvalue weighted by molar-refractivity contribution is 0.388. The van der Waals surface area contributed by atoms with Crippen LogP contribution in [0, 0.1) is 11.6 Å². The van der Waals surface area contributed by atoms with Crippen molar-refractivity contribution < 1.29 is 17.2 Å². The third-order valence-electron chi connectivity index (χ3n) is 5.55. The van der Waals surface area contributed by atoms with Crippen molar-refractivity contribution in [3.63, 3.8) is 0 Å². The summed E-state index contributed by atoms with van der Waals surface area (Å²) in [5, 5.41) is 4.01. The predicted molar refractivity (Wildman–Crippen MR) is 118 cm³/mol. The number of hydrogen-bond acceptors (Lipinski definition) is 5. The van der Waals surface area contributed by atoms with E-state index in [0.29, 0.717) is 26.2 Å². The molecule has 1 aliphatic rings. The number of para-hydroxylation sites is 1. The first-order valence-electron chi connectivity index (χ1n) is 10.1. The molecule has 4 rings (SSSR count). The molecule has 168 valence electrons. The SMILES string of the molecule is C/C(=C(/Cn1cncn1)c1ccc(F)cc1F)S(=O)(=O)N1CCN(c2ccccc2)CC1. The summed E-state index contributed by atoms with van der Waals surface area (Å²) < 4.78 is 57.8. The Labute approximate surface area is 185 Å². The van der Waals surface area contributed by atoms with Crippen molar-refractivity contribution in [2.45, 2.75) is 13.5 Å². The van der Waals surface area contributed by atoms with Crippen LogP contribution in [0.5, 0.6) is 0 Å². The van der Waals surface area contributed by atoms with Crippen molar-refractivity contribution in [1.29, 1.82) is 0 Å². The maximum atomic E-state index is 14.6. The molecule has 0 N–H and O–H groups in total. The summed E-state index contributed by atoms with van der Waals surface area (Å²) in [5.41, 5.74) is 1.27. The lowest BCUT2D eigenvalue weighted by Crippen LogP contribution is -2.48. The molecule has 7 nitrogen and oxygen atoms in total. The standard InChI is InChI=1S/C22H23F2N5O2S/c1-17(21(14-28-16-25-15-26-28)20-8-7-18(23)13-22(20)24)32(30,31)29-11-9-27(10-12-29)19-5-3-2-4-6-19/h2-8,13,15-16H,9-12,14H2,1H3/b21-17+. The monoisotopic (exact) mass is 459 g/mol. The third kappa shape index (κ3) is 4.56. The molecule has 0 atom stereocenters. The van der Waals surface area contributed by atoms with Crippen LogP contribution in [0.1, 0.15) is 12.5 Å².